The first-order valence-corrected chi connectivity index (χ1v) is 7.65. The van der Waals surface area contributed by atoms with E-state index in [-0.39, 0.29) is 17.6 Å². The quantitative estimate of drug-likeness (QED) is 0.805. The Labute approximate surface area is 127 Å². The van der Waals surface area contributed by atoms with Crippen LogP contribution in [0, 0.1) is 23.6 Å². The van der Waals surface area contributed by atoms with Gasteiger partial charge >= 0.3 is 0 Å². The van der Waals surface area contributed by atoms with Crippen LogP contribution in [-0.4, -0.2) is 29.2 Å². The summed E-state index contributed by atoms with van der Waals surface area (Å²) in [6, 6.07) is 4.88. The molecule has 0 spiro atoms. The lowest BCUT2D eigenvalue weighted by Gasteiger charge is -2.25. The van der Waals surface area contributed by atoms with Gasteiger partial charge in [-0.25, -0.2) is 4.39 Å². The highest BCUT2D eigenvalue weighted by Crippen LogP contribution is 2.49. The lowest BCUT2D eigenvalue weighted by molar-refractivity contribution is -0.124. The van der Waals surface area contributed by atoms with Gasteiger partial charge in [-0.05, 0) is 44.8 Å². The molecular formula is C16H19FN4O. The number of benzene rings is 1. The Hall–Kier alpha value is -1.95. The maximum Gasteiger partial charge on any atom is 0.224 e. The SMILES string of the molecule is CC(C)(NC(=O)[C@H]1[C@@H]2CNC[C@@H]21)c1n[nH]c2c(F)cccc12. The van der Waals surface area contributed by atoms with E-state index in [0.29, 0.717) is 28.4 Å². The number of amides is 1. The zero-order valence-electron chi connectivity index (χ0n) is 12.6. The van der Waals surface area contributed by atoms with Gasteiger partial charge in [0.05, 0.1) is 11.2 Å². The monoisotopic (exact) mass is 302 g/mol. The van der Waals surface area contributed by atoms with E-state index in [9.17, 15) is 9.18 Å². The van der Waals surface area contributed by atoms with Crippen LogP contribution in [0.3, 0.4) is 0 Å². The van der Waals surface area contributed by atoms with Crippen molar-refractivity contribution < 1.29 is 9.18 Å². The van der Waals surface area contributed by atoms with Gasteiger partial charge in [0.25, 0.3) is 0 Å². The minimum Gasteiger partial charge on any atom is -0.345 e. The van der Waals surface area contributed by atoms with Crippen molar-refractivity contribution in [2.75, 3.05) is 13.1 Å². The summed E-state index contributed by atoms with van der Waals surface area (Å²) in [4.78, 5) is 12.5. The van der Waals surface area contributed by atoms with E-state index in [1.807, 2.05) is 19.9 Å². The molecule has 1 aromatic heterocycles. The molecule has 1 aliphatic carbocycles. The third kappa shape index (κ3) is 1.94. The first kappa shape index (κ1) is 13.7. The van der Waals surface area contributed by atoms with Crippen LogP contribution in [-0.2, 0) is 10.3 Å². The van der Waals surface area contributed by atoms with E-state index in [0.717, 1.165) is 13.1 Å². The van der Waals surface area contributed by atoms with Crippen LogP contribution in [0.4, 0.5) is 4.39 Å². The summed E-state index contributed by atoms with van der Waals surface area (Å²) in [6.45, 7) is 5.67. The summed E-state index contributed by atoms with van der Waals surface area (Å²) >= 11 is 0. The lowest BCUT2D eigenvalue weighted by Crippen LogP contribution is -2.43. The lowest BCUT2D eigenvalue weighted by atomic mass is 9.96. The number of hydrogen-bond donors (Lipinski definition) is 3. The Morgan fingerprint density at radius 2 is 2.09 bits per heavy atom. The number of aromatic amines is 1. The number of piperidine rings is 1. The van der Waals surface area contributed by atoms with Crippen LogP contribution in [0.25, 0.3) is 10.9 Å². The van der Waals surface area contributed by atoms with E-state index < -0.39 is 5.54 Å². The average Bonchev–Trinajstić information content (AvgIpc) is 2.85. The van der Waals surface area contributed by atoms with Gasteiger partial charge in [0.2, 0.25) is 5.91 Å². The number of aromatic nitrogens is 2. The molecular weight excluding hydrogens is 283 g/mol. The molecule has 0 unspecified atom stereocenters. The minimum atomic E-state index is -0.645. The Morgan fingerprint density at radius 3 is 2.82 bits per heavy atom. The number of halogens is 1. The number of nitrogens with one attached hydrogen (secondary N) is 3. The van der Waals surface area contributed by atoms with Crippen molar-refractivity contribution in [2.45, 2.75) is 19.4 Å². The minimum absolute atomic E-state index is 0.0778. The van der Waals surface area contributed by atoms with E-state index in [1.165, 1.54) is 6.07 Å². The van der Waals surface area contributed by atoms with Gasteiger partial charge in [-0.2, -0.15) is 5.10 Å². The molecule has 2 aromatic rings. The van der Waals surface area contributed by atoms with Gasteiger partial charge < -0.3 is 10.6 Å². The first-order chi connectivity index (χ1) is 10.5. The summed E-state index contributed by atoms with van der Waals surface area (Å²) in [5.41, 5.74) is 0.402. The highest BCUT2D eigenvalue weighted by Gasteiger charge is 2.57. The fourth-order valence-electron chi connectivity index (χ4n) is 3.74. The van der Waals surface area contributed by atoms with Crippen molar-refractivity contribution in [2.24, 2.45) is 17.8 Å². The molecule has 1 aliphatic heterocycles. The summed E-state index contributed by atoms with van der Waals surface area (Å²) < 4.78 is 13.8. The van der Waals surface area contributed by atoms with Crippen molar-refractivity contribution in [1.82, 2.24) is 20.8 Å². The zero-order chi connectivity index (χ0) is 15.5. The third-order valence-electron chi connectivity index (χ3n) is 4.97. The van der Waals surface area contributed by atoms with Crippen LogP contribution in [0.15, 0.2) is 18.2 Å². The third-order valence-corrected chi connectivity index (χ3v) is 4.97. The van der Waals surface area contributed by atoms with Crippen molar-refractivity contribution in [3.63, 3.8) is 0 Å². The van der Waals surface area contributed by atoms with Crippen LogP contribution in [0.1, 0.15) is 19.5 Å². The number of rotatable bonds is 3. The molecule has 2 heterocycles. The largest absolute Gasteiger partial charge is 0.345 e. The van der Waals surface area contributed by atoms with Crippen molar-refractivity contribution >= 4 is 16.8 Å². The molecule has 1 saturated heterocycles. The van der Waals surface area contributed by atoms with E-state index in [2.05, 4.69) is 20.8 Å². The summed E-state index contributed by atoms with van der Waals surface area (Å²) in [5, 5.41) is 14.1. The number of carbonyl (C=O) groups excluding carboxylic acids is 1. The maximum atomic E-state index is 13.8. The smallest absolute Gasteiger partial charge is 0.224 e. The van der Waals surface area contributed by atoms with E-state index in [4.69, 9.17) is 0 Å². The molecule has 0 bridgehead atoms. The van der Waals surface area contributed by atoms with Gasteiger partial charge in [0.15, 0.2) is 0 Å². The molecule has 2 aliphatic rings. The highest BCUT2D eigenvalue weighted by atomic mass is 19.1. The van der Waals surface area contributed by atoms with Gasteiger partial charge in [0.1, 0.15) is 11.3 Å². The van der Waals surface area contributed by atoms with Crippen LogP contribution < -0.4 is 10.6 Å². The topological polar surface area (TPSA) is 69.8 Å². The van der Waals surface area contributed by atoms with Gasteiger partial charge in [-0.3, -0.25) is 9.89 Å². The normalized spacial score (nSPS) is 27.0. The van der Waals surface area contributed by atoms with E-state index >= 15 is 0 Å². The number of carbonyl (C=O) groups is 1. The second-order valence-electron chi connectivity index (χ2n) is 6.86. The molecule has 4 rings (SSSR count). The molecule has 2 fully saturated rings. The molecule has 5 nitrogen and oxygen atoms in total. The van der Waals surface area contributed by atoms with Crippen LogP contribution in [0.5, 0.6) is 0 Å². The predicted molar refractivity (Wildman–Crippen MR) is 80.6 cm³/mol. The average molecular weight is 302 g/mol. The van der Waals surface area contributed by atoms with Crippen molar-refractivity contribution in [3.05, 3.63) is 29.7 Å². The molecule has 3 N–H and O–H groups in total. The number of hydrogen-bond acceptors (Lipinski definition) is 3. The van der Waals surface area contributed by atoms with Gasteiger partial charge in [-0.15, -0.1) is 0 Å². The second kappa shape index (κ2) is 4.52. The highest BCUT2D eigenvalue weighted by molar-refractivity contribution is 5.86. The molecule has 0 radical (unpaired) electrons. The second-order valence-corrected chi connectivity index (χ2v) is 6.86. The maximum absolute atomic E-state index is 13.8. The Bertz CT molecular complexity index is 744. The number of H-pyrrole nitrogens is 1. The number of nitrogens with zero attached hydrogens (tertiary/aromatic N) is 1. The molecule has 116 valence electrons. The van der Waals surface area contributed by atoms with Crippen molar-refractivity contribution in [3.8, 4) is 0 Å². The molecule has 1 amide bonds. The van der Waals surface area contributed by atoms with Crippen LogP contribution in [0.2, 0.25) is 0 Å². The molecule has 1 saturated carbocycles. The Morgan fingerprint density at radius 1 is 1.36 bits per heavy atom. The molecule has 3 atom stereocenters. The molecule has 1 aromatic carbocycles. The molecule has 6 heteroatoms. The van der Waals surface area contributed by atoms with Crippen molar-refractivity contribution in [1.29, 1.82) is 0 Å². The summed E-state index contributed by atoms with van der Waals surface area (Å²) in [7, 11) is 0. The van der Waals surface area contributed by atoms with E-state index in [1.54, 1.807) is 6.07 Å². The predicted octanol–water partition coefficient (Wildman–Crippen LogP) is 1.52. The number of fused-ring (bicyclic) bond motifs is 2. The summed E-state index contributed by atoms with van der Waals surface area (Å²) in [5.74, 6) is 0.811. The fraction of sp³-hybridized carbons (Fsp3) is 0.500. The van der Waals surface area contributed by atoms with Crippen LogP contribution >= 0.6 is 0 Å². The fourth-order valence-corrected chi connectivity index (χ4v) is 3.74. The zero-order valence-corrected chi connectivity index (χ0v) is 12.6. The van der Waals surface area contributed by atoms with Gasteiger partial charge in [-0.1, -0.05) is 12.1 Å². The Balaban J connectivity index is 1.59. The number of para-hydroxylation sites is 1. The summed E-state index contributed by atoms with van der Waals surface area (Å²) in [6.07, 6.45) is 0. The molecule has 22 heavy (non-hydrogen) atoms. The standard InChI is InChI=1S/C16H19FN4O/c1-16(2,19-15(22)12-9-6-18-7-10(9)12)14-8-4-3-5-11(17)13(8)20-21-14/h3-5,9-10,12,18H,6-7H2,1-2H3,(H,19,22)(H,20,21)/t9-,10+,12+. The Kier molecular flexibility index (Phi) is 2.81. The van der Waals surface area contributed by atoms with Gasteiger partial charge in [0, 0.05) is 11.3 Å². The first-order valence-electron chi connectivity index (χ1n) is 7.65.